The molecule has 184 valence electrons. The number of hydrogen-bond acceptors (Lipinski definition) is 5. The number of ether oxygens (including phenoxy) is 2. The molecule has 2 aromatic carbocycles. The maximum Gasteiger partial charge on any atom is 0.408 e. The van der Waals surface area contributed by atoms with Gasteiger partial charge in [0.25, 0.3) is 0 Å². The molecular weight excluding hydrogens is 432 g/mol. The molecule has 0 aromatic heterocycles. The summed E-state index contributed by atoms with van der Waals surface area (Å²) in [5.74, 6) is -0.577. The first-order valence-electron chi connectivity index (χ1n) is 11.7. The third-order valence-electron chi connectivity index (χ3n) is 5.02. The van der Waals surface area contributed by atoms with E-state index in [0.717, 1.165) is 11.1 Å². The van der Waals surface area contributed by atoms with E-state index >= 15 is 0 Å². The Labute approximate surface area is 202 Å². The van der Waals surface area contributed by atoms with Crippen molar-refractivity contribution in [2.45, 2.75) is 71.2 Å². The molecule has 2 N–H and O–H groups in total. The minimum absolute atomic E-state index is 0.0388. The lowest BCUT2D eigenvalue weighted by Crippen LogP contribution is -2.53. The van der Waals surface area contributed by atoms with Gasteiger partial charge in [0.2, 0.25) is 5.91 Å². The van der Waals surface area contributed by atoms with Gasteiger partial charge in [0.15, 0.2) is 5.78 Å². The van der Waals surface area contributed by atoms with E-state index in [2.05, 4.69) is 10.6 Å². The molecule has 0 unspecified atom stereocenters. The van der Waals surface area contributed by atoms with Crippen LogP contribution in [0.3, 0.4) is 0 Å². The topological polar surface area (TPSA) is 93.7 Å². The fourth-order valence-electron chi connectivity index (χ4n) is 3.25. The van der Waals surface area contributed by atoms with E-state index in [1.807, 2.05) is 60.7 Å². The fourth-order valence-corrected chi connectivity index (χ4v) is 3.25. The summed E-state index contributed by atoms with van der Waals surface area (Å²) >= 11 is 0. The van der Waals surface area contributed by atoms with Gasteiger partial charge in [-0.25, -0.2) is 4.79 Å². The van der Waals surface area contributed by atoms with Crippen LogP contribution in [0.2, 0.25) is 0 Å². The van der Waals surface area contributed by atoms with Gasteiger partial charge in [-0.15, -0.1) is 0 Å². The summed E-state index contributed by atoms with van der Waals surface area (Å²) in [6.07, 6.45) is 0.501. The molecule has 0 aliphatic carbocycles. The maximum atomic E-state index is 13.0. The van der Waals surface area contributed by atoms with E-state index in [1.165, 1.54) is 0 Å². The van der Waals surface area contributed by atoms with Crippen LogP contribution in [0.4, 0.5) is 4.79 Å². The lowest BCUT2D eigenvalue weighted by Gasteiger charge is -2.24. The molecule has 0 aliphatic heterocycles. The van der Waals surface area contributed by atoms with Crippen LogP contribution in [-0.2, 0) is 32.1 Å². The maximum absolute atomic E-state index is 13.0. The highest BCUT2D eigenvalue weighted by Gasteiger charge is 2.27. The van der Waals surface area contributed by atoms with Gasteiger partial charge in [-0.1, -0.05) is 67.6 Å². The van der Waals surface area contributed by atoms with Crippen LogP contribution in [-0.4, -0.2) is 42.1 Å². The normalized spacial score (nSPS) is 12.9. The molecule has 0 radical (unpaired) electrons. The number of alkyl carbamates (subject to hydrolysis) is 1. The summed E-state index contributed by atoms with van der Waals surface area (Å²) in [7, 11) is 0. The predicted molar refractivity (Wildman–Crippen MR) is 131 cm³/mol. The van der Waals surface area contributed by atoms with Crippen LogP contribution in [0.15, 0.2) is 60.7 Å². The van der Waals surface area contributed by atoms with E-state index in [4.69, 9.17) is 9.47 Å². The highest BCUT2D eigenvalue weighted by molar-refractivity contribution is 5.92. The molecule has 0 saturated heterocycles. The Morgan fingerprint density at radius 3 is 2.00 bits per heavy atom. The van der Waals surface area contributed by atoms with Crippen LogP contribution in [0.5, 0.6) is 0 Å². The summed E-state index contributed by atoms with van der Waals surface area (Å²) in [5.41, 5.74) is 1.34. The Bertz CT molecular complexity index is 910. The van der Waals surface area contributed by atoms with Gasteiger partial charge in [0.05, 0.1) is 13.2 Å². The Hall–Kier alpha value is -3.19. The van der Waals surface area contributed by atoms with Crippen molar-refractivity contribution in [1.29, 1.82) is 0 Å². The van der Waals surface area contributed by atoms with Crippen LogP contribution in [0.25, 0.3) is 0 Å². The van der Waals surface area contributed by atoms with Crippen molar-refractivity contribution in [3.05, 3.63) is 71.8 Å². The molecule has 2 rings (SSSR count). The zero-order valence-electron chi connectivity index (χ0n) is 20.5. The van der Waals surface area contributed by atoms with Crippen molar-refractivity contribution >= 4 is 17.8 Å². The number of rotatable bonds is 12. The Morgan fingerprint density at radius 1 is 0.853 bits per heavy atom. The van der Waals surface area contributed by atoms with Gasteiger partial charge in [-0.05, 0) is 44.7 Å². The van der Waals surface area contributed by atoms with Crippen LogP contribution >= 0.6 is 0 Å². The molecule has 0 spiro atoms. The number of benzene rings is 2. The van der Waals surface area contributed by atoms with Gasteiger partial charge in [0.1, 0.15) is 17.7 Å². The summed E-state index contributed by atoms with van der Waals surface area (Å²) in [4.78, 5) is 38.1. The van der Waals surface area contributed by atoms with E-state index in [-0.39, 0.29) is 18.8 Å². The Balaban J connectivity index is 2.01. The van der Waals surface area contributed by atoms with Crippen molar-refractivity contribution in [2.24, 2.45) is 0 Å². The second kappa shape index (κ2) is 13.5. The molecule has 2 atom stereocenters. The predicted octanol–water partition coefficient (Wildman–Crippen LogP) is 4.19. The number of nitrogens with one attached hydrogen (secondary N) is 2. The molecule has 7 nitrogen and oxygen atoms in total. The Kier molecular flexibility index (Phi) is 10.7. The van der Waals surface area contributed by atoms with Gasteiger partial charge in [-0.3, -0.25) is 9.59 Å². The van der Waals surface area contributed by atoms with Gasteiger partial charge < -0.3 is 20.1 Å². The number of carbonyl (C=O) groups is 3. The highest BCUT2D eigenvalue weighted by atomic mass is 16.6. The first-order chi connectivity index (χ1) is 16.2. The van der Waals surface area contributed by atoms with Gasteiger partial charge in [0, 0.05) is 6.42 Å². The first-order valence-corrected chi connectivity index (χ1v) is 11.7. The molecule has 0 aliphatic rings. The van der Waals surface area contributed by atoms with Crippen molar-refractivity contribution in [2.75, 3.05) is 6.61 Å². The Morgan fingerprint density at radius 2 is 1.44 bits per heavy atom. The van der Waals surface area contributed by atoms with Gasteiger partial charge in [-0.2, -0.15) is 0 Å². The number of hydrogen-bond donors (Lipinski definition) is 2. The van der Waals surface area contributed by atoms with E-state index in [0.29, 0.717) is 19.4 Å². The van der Waals surface area contributed by atoms with Crippen molar-refractivity contribution < 1.29 is 23.9 Å². The summed E-state index contributed by atoms with van der Waals surface area (Å²) in [6, 6.07) is 17.7. The number of ketones is 1. The number of aryl methyl sites for hydroxylation is 1. The van der Waals surface area contributed by atoms with Crippen molar-refractivity contribution in [1.82, 2.24) is 10.6 Å². The molecule has 0 heterocycles. The number of amides is 2. The minimum Gasteiger partial charge on any atom is -0.444 e. The third-order valence-corrected chi connectivity index (χ3v) is 5.02. The quantitative estimate of drug-likeness (QED) is 0.487. The largest absolute Gasteiger partial charge is 0.444 e. The van der Waals surface area contributed by atoms with Crippen molar-refractivity contribution in [3.63, 3.8) is 0 Å². The molecular formula is C27H36N2O5. The minimum atomic E-state index is -0.826. The highest BCUT2D eigenvalue weighted by Crippen LogP contribution is 2.09. The monoisotopic (exact) mass is 468 g/mol. The fraction of sp³-hybridized carbons (Fsp3) is 0.444. The number of Topliss-reactive ketones (excluding diaryl/α,β-unsaturated/α-hetero) is 1. The lowest BCUT2D eigenvalue weighted by atomic mass is 10.0. The SMILES string of the molecule is CC[C@H](NC(=O)OC(C)(C)C)C(=O)N[C@@H](COCc1ccccc1)C(=O)CCc1ccccc1. The van der Waals surface area contributed by atoms with Crippen molar-refractivity contribution in [3.8, 4) is 0 Å². The van der Waals surface area contributed by atoms with Crippen LogP contribution in [0, 0.1) is 0 Å². The van der Waals surface area contributed by atoms with Crippen LogP contribution in [0.1, 0.15) is 51.7 Å². The number of carbonyl (C=O) groups excluding carboxylic acids is 3. The second-order valence-electron chi connectivity index (χ2n) is 9.12. The van der Waals surface area contributed by atoms with E-state index in [1.54, 1.807) is 27.7 Å². The summed E-state index contributed by atoms with van der Waals surface area (Å²) < 4.78 is 11.0. The molecule has 2 aromatic rings. The molecule has 7 heteroatoms. The smallest absolute Gasteiger partial charge is 0.408 e. The van der Waals surface area contributed by atoms with Gasteiger partial charge >= 0.3 is 6.09 Å². The molecule has 0 saturated carbocycles. The average Bonchev–Trinajstić information content (AvgIpc) is 2.80. The summed E-state index contributed by atoms with van der Waals surface area (Å²) in [5, 5.41) is 5.36. The summed E-state index contributed by atoms with van der Waals surface area (Å²) in [6.45, 7) is 7.39. The lowest BCUT2D eigenvalue weighted by molar-refractivity contribution is -0.130. The molecule has 0 bridgehead atoms. The molecule has 34 heavy (non-hydrogen) atoms. The zero-order chi connectivity index (χ0) is 25.0. The second-order valence-corrected chi connectivity index (χ2v) is 9.12. The van der Waals surface area contributed by atoms with E-state index < -0.39 is 29.7 Å². The molecule has 2 amide bonds. The first kappa shape index (κ1) is 27.1. The third kappa shape index (κ3) is 10.2. The standard InChI is InChI=1S/C27H36N2O5/c1-5-22(29-26(32)34-27(2,3)4)25(31)28-23(19-33-18-21-14-10-7-11-15-21)24(30)17-16-20-12-8-6-9-13-20/h6-15,22-23H,5,16-19H2,1-4H3,(H,28,31)(H,29,32)/t22-,23-/m0/s1. The average molecular weight is 469 g/mol. The molecule has 0 fully saturated rings. The van der Waals surface area contributed by atoms with Crippen LogP contribution < -0.4 is 10.6 Å². The zero-order valence-corrected chi connectivity index (χ0v) is 20.5. The van der Waals surface area contributed by atoms with E-state index in [9.17, 15) is 14.4 Å².